The Hall–Kier alpha value is -1.79. The predicted octanol–water partition coefficient (Wildman–Crippen LogP) is 0.457. The lowest BCUT2D eigenvalue weighted by atomic mass is 10.2. The average Bonchev–Trinajstić information content (AvgIpc) is 2.43. The molecule has 0 saturated carbocycles. The fourth-order valence-corrected chi connectivity index (χ4v) is 1.40. The van der Waals surface area contributed by atoms with E-state index in [1.807, 2.05) is 25.1 Å². The number of halogens is 1. The lowest BCUT2D eigenvalue weighted by Crippen LogP contribution is -2.39. The first-order chi connectivity index (χ1) is 9.58. The van der Waals surface area contributed by atoms with Gasteiger partial charge in [-0.2, -0.15) is 0 Å². The van der Waals surface area contributed by atoms with Crippen LogP contribution >= 0.6 is 12.4 Å². The minimum Gasteiger partial charge on any atom is -0.484 e. The molecular weight excluding hydrogens is 294 g/mol. The maximum absolute atomic E-state index is 11.5. The molecule has 7 heteroatoms. The Bertz CT molecular complexity index is 427. The van der Waals surface area contributed by atoms with Crippen molar-refractivity contribution in [2.75, 3.05) is 19.7 Å². The van der Waals surface area contributed by atoms with Crippen LogP contribution in [0, 0.1) is 0 Å². The normalized spacial score (nSPS) is 11.0. The maximum Gasteiger partial charge on any atom is 0.258 e. The third kappa shape index (κ3) is 9.70. The first kappa shape index (κ1) is 19.2. The van der Waals surface area contributed by atoms with E-state index >= 15 is 0 Å². The van der Waals surface area contributed by atoms with E-state index < -0.39 is 0 Å². The molecule has 0 saturated heterocycles. The summed E-state index contributed by atoms with van der Waals surface area (Å²) in [6.45, 7) is 2.20. The predicted molar refractivity (Wildman–Crippen MR) is 83.5 cm³/mol. The number of amides is 2. The third-order valence-electron chi connectivity index (χ3n) is 2.48. The van der Waals surface area contributed by atoms with E-state index in [0.29, 0.717) is 18.7 Å². The van der Waals surface area contributed by atoms with Crippen LogP contribution in [0.25, 0.3) is 0 Å². The van der Waals surface area contributed by atoms with Gasteiger partial charge in [-0.15, -0.1) is 12.4 Å². The number of hydrogen-bond acceptors (Lipinski definition) is 4. The second-order valence-corrected chi connectivity index (χ2v) is 4.49. The minimum absolute atomic E-state index is 0. The van der Waals surface area contributed by atoms with E-state index in [1.165, 1.54) is 0 Å². The van der Waals surface area contributed by atoms with E-state index in [9.17, 15) is 9.59 Å². The molecule has 21 heavy (non-hydrogen) atoms. The second-order valence-electron chi connectivity index (χ2n) is 4.49. The molecule has 6 nitrogen and oxygen atoms in total. The van der Waals surface area contributed by atoms with E-state index in [0.717, 1.165) is 0 Å². The molecule has 0 heterocycles. The number of carbonyl (C=O) groups excluding carboxylic acids is 2. The number of hydrogen-bond donors (Lipinski definition) is 3. The summed E-state index contributed by atoms with van der Waals surface area (Å²) in [6, 6.07) is 9.06. The average molecular weight is 316 g/mol. The van der Waals surface area contributed by atoms with E-state index in [-0.39, 0.29) is 43.4 Å². The summed E-state index contributed by atoms with van der Waals surface area (Å²) in [7, 11) is 0. The molecule has 0 aromatic heterocycles. The lowest BCUT2D eigenvalue weighted by Gasteiger charge is -2.09. The molecule has 0 fully saturated rings. The Morgan fingerprint density at radius 1 is 1.19 bits per heavy atom. The molecule has 0 bridgehead atoms. The molecule has 4 N–H and O–H groups in total. The summed E-state index contributed by atoms with van der Waals surface area (Å²) in [5.41, 5.74) is 5.56. The molecule has 0 aliphatic rings. The van der Waals surface area contributed by atoms with Crippen molar-refractivity contribution in [3.05, 3.63) is 30.3 Å². The molecule has 0 radical (unpaired) electrons. The third-order valence-corrected chi connectivity index (χ3v) is 2.48. The molecule has 0 spiro atoms. The second kappa shape index (κ2) is 10.9. The number of benzene rings is 1. The highest BCUT2D eigenvalue weighted by atomic mass is 35.5. The summed E-state index contributed by atoms with van der Waals surface area (Å²) < 4.78 is 5.25. The van der Waals surface area contributed by atoms with Gasteiger partial charge in [0.05, 0.1) is 6.54 Å². The zero-order chi connectivity index (χ0) is 14.8. The highest BCUT2D eigenvalue weighted by Crippen LogP contribution is 2.07. The zero-order valence-electron chi connectivity index (χ0n) is 12.0. The number of nitrogens with one attached hydrogen (secondary N) is 2. The van der Waals surface area contributed by atoms with Crippen molar-refractivity contribution in [1.29, 1.82) is 0 Å². The van der Waals surface area contributed by atoms with Crippen LogP contribution < -0.4 is 21.1 Å². The molecule has 2 amide bonds. The summed E-state index contributed by atoms with van der Waals surface area (Å²) in [5.74, 6) is 0.0407. The summed E-state index contributed by atoms with van der Waals surface area (Å²) in [4.78, 5) is 22.9. The Balaban J connectivity index is 0.00000400. The van der Waals surface area contributed by atoms with Crippen molar-refractivity contribution < 1.29 is 14.3 Å². The summed E-state index contributed by atoms with van der Waals surface area (Å²) in [5, 5.41) is 5.15. The van der Waals surface area contributed by atoms with Gasteiger partial charge in [-0.25, -0.2) is 0 Å². The van der Waals surface area contributed by atoms with Crippen molar-refractivity contribution in [1.82, 2.24) is 10.6 Å². The van der Waals surface area contributed by atoms with Crippen LogP contribution in [-0.4, -0.2) is 37.6 Å². The number of nitrogens with two attached hydrogens (primary N) is 1. The molecular formula is C14H22ClN3O3. The largest absolute Gasteiger partial charge is 0.484 e. The number of rotatable bonds is 8. The van der Waals surface area contributed by atoms with Crippen molar-refractivity contribution in [2.24, 2.45) is 5.73 Å². The molecule has 1 rings (SSSR count). The minimum atomic E-state index is -0.337. The van der Waals surface area contributed by atoms with Gasteiger partial charge in [-0.3, -0.25) is 9.59 Å². The molecule has 1 unspecified atom stereocenters. The first-order valence-corrected chi connectivity index (χ1v) is 6.54. The molecule has 0 aliphatic carbocycles. The Morgan fingerprint density at radius 2 is 1.86 bits per heavy atom. The fraction of sp³-hybridized carbons (Fsp3) is 0.429. The maximum atomic E-state index is 11.5. The Morgan fingerprint density at radius 3 is 2.48 bits per heavy atom. The Labute approximate surface area is 130 Å². The smallest absolute Gasteiger partial charge is 0.258 e. The van der Waals surface area contributed by atoms with Gasteiger partial charge in [0.2, 0.25) is 5.91 Å². The monoisotopic (exact) mass is 315 g/mol. The van der Waals surface area contributed by atoms with Crippen molar-refractivity contribution in [3.63, 3.8) is 0 Å². The van der Waals surface area contributed by atoms with Crippen molar-refractivity contribution in [3.8, 4) is 5.75 Å². The van der Waals surface area contributed by atoms with Crippen molar-refractivity contribution in [2.45, 2.75) is 19.4 Å². The van der Waals surface area contributed by atoms with Gasteiger partial charge >= 0.3 is 0 Å². The van der Waals surface area contributed by atoms with Gasteiger partial charge in [-0.1, -0.05) is 18.2 Å². The molecule has 1 atom stereocenters. The molecule has 0 aliphatic heterocycles. The van der Waals surface area contributed by atoms with Crippen LogP contribution in [0.15, 0.2) is 30.3 Å². The van der Waals surface area contributed by atoms with Gasteiger partial charge in [0.15, 0.2) is 6.61 Å². The molecule has 1 aromatic carbocycles. The highest BCUT2D eigenvalue weighted by molar-refractivity contribution is 5.85. The standard InChI is InChI=1S/C14H21N3O3.ClH/c1-11(15)7-8-16-13(18)9-17-14(19)10-20-12-5-3-2-4-6-12;/h2-6,11H,7-10,15H2,1H3,(H,16,18)(H,17,19);1H. The van der Waals surface area contributed by atoms with Gasteiger partial charge in [-0.05, 0) is 25.5 Å². The lowest BCUT2D eigenvalue weighted by molar-refractivity contribution is -0.127. The summed E-state index contributed by atoms with van der Waals surface area (Å²) >= 11 is 0. The van der Waals surface area contributed by atoms with Crippen LogP contribution in [0.2, 0.25) is 0 Å². The molecule has 118 valence electrons. The molecule has 1 aromatic rings. The van der Waals surface area contributed by atoms with Crippen LogP contribution in [0.3, 0.4) is 0 Å². The van der Waals surface area contributed by atoms with Gasteiger partial charge in [0.25, 0.3) is 5.91 Å². The van der Waals surface area contributed by atoms with Crippen LogP contribution in [0.1, 0.15) is 13.3 Å². The Kier molecular flexibility index (Phi) is 10.0. The van der Waals surface area contributed by atoms with Crippen molar-refractivity contribution >= 4 is 24.2 Å². The van der Waals surface area contributed by atoms with Gasteiger partial charge < -0.3 is 21.1 Å². The quantitative estimate of drug-likeness (QED) is 0.649. The fourth-order valence-electron chi connectivity index (χ4n) is 1.40. The zero-order valence-corrected chi connectivity index (χ0v) is 12.8. The van der Waals surface area contributed by atoms with Crippen LogP contribution in [0.5, 0.6) is 5.75 Å². The van der Waals surface area contributed by atoms with E-state index in [2.05, 4.69) is 10.6 Å². The van der Waals surface area contributed by atoms with E-state index in [4.69, 9.17) is 10.5 Å². The van der Waals surface area contributed by atoms with Crippen LogP contribution in [-0.2, 0) is 9.59 Å². The van der Waals surface area contributed by atoms with Gasteiger partial charge in [0, 0.05) is 12.6 Å². The highest BCUT2D eigenvalue weighted by Gasteiger charge is 2.06. The number of ether oxygens (including phenoxy) is 1. The SMILES string of the molecule is CC(N)CCNC(=O)CNC(=O)COc1ccccc1.Cl. The van der Waals surface area contributed by atoms with E-state index in [1.54, 1.807) is 12.1 Å². The number of carbonyl (C=O) groups is 2. The summed E-state index contributed by atoms with van der Waals surface area (Å²) in [6.07, 6.45) is 0.705. The van der Waals surface area contributed by atoms with Crippen LogP contribution in [0.4, 0.5) is 0 Å². The topological polar surface area (TPSA) is 93.5 Å². The first-order valence-electron chi connectivity index (χ1n) is 6.54. The number of para-hydroxylation sites is 1. The van der Waals surface area contributed by atoms with Gasteiger partial charge in [0.1, 0.15) is 5.75 Å².